The monoisotopic (exact) mass is 254 g/mol. The van der Waals surface area contributed by atoms with Gasteiger partial charge < -0.3 is 16.0 Å². The largest absolute Gasteiger partial charge is 0.396 e. The molecular weight excluding hydrogens is 240 g/mol. The van der Waals surface area contributed by atoms with Gasteiger partial charge in [-0.15, -0.1) is 0 Å². The quantitative estimate of drug-likeness (QED) is 0.788. The van der Waals surface area contributed by atoms with Gasteiger partial charge in [0.1, 0.15) is 5.15 Å². The van der Waals surface area contributed by atoms with E-state index in [1.165, 1.54) is 0 Å². The molecule has 0 aromatic carbocycles. The first-order valence-corrected chi connectivity index (χ1v) is 5.86. The lowest BCUT2D eigenvalue weighted by Crippen LogP contribution is -2.36. The second kappa shape index (κ2) is 4.79. The van der Waals surface area contributed by atoms with Crippen molar-refractivity contribution in [3.63, 3.8) is 0 Å². The maximum absolute atomic E-state index is 11.6. The molecule has 1 saturated carbocycles. The summed E-state index contributed by atoms with van der Waals surface area (Å²) in [4.78, 5) is 17.4. The van der Waals surface area contributed by atoms with E-state index >= 15 is 0 Å². The zero-order valence-corrected chi connectivity index (χ0v) is 10.4. The molecule has 0 unspecified atom stereocenters. The van der Waals surface area contributed by atoms with Crippen LogP contribution in [0.3, 0.4) is 0 Å². The molecule has 1 aliphatic carbocycles. The fraction of sp³-hybridized carbons (Fsp3) is 0.455. The van der Waals surface area contributed by atoms with Crippen molar-refractivity contribution >= 4 is 29.0 Å². The van der Waals surface area contributed by atoms with Gasteiger partial charge in [-0.1, -0.05) is 11.6 Å². The van der Waals surface area contributed by atoms with E-state index in [-0.39, 0.29) is 12.5 Å². The minimum atomic E-state index is -0.0174. The summed E-state index contributed by atoms with van der Waals surface area (Å²) in [5, 5.41) is 3.27. The van der Waals surface area contributed by atoms with Gasteiger partial charge in [0.15, 0.2) is 5.82 Å². The van der Waals surface area contributed by atoms with Crippen molar-refractivity contribution in [3.05, 3.63) is 17.3 Å². The summed E-state index contributed by atoms with van der Waals surface area (Å²) < 4.78 is 0. The number of aromatic nitrogens is 1. The summed E-state index contributed by atoms with van der Waals surface area (Å²) in [5.74, 6) is 0.514. The highest BCUT2D eigenvalue weighted by atomic mass is 35.5. The molecule has 0 aliphatic heterocycles. The Hall–Kier alpha value is -1.49. The Morgan fingerprint density at radius 1 is 1.65 bits per heavy atom. The third kappa shape index (κ3) is 3.23. The van der Waals surface area contributed by atoms with Crippen LogP contribution in [-0.2, 0) is 4.79 Å². The molecule has 0 spiro atoms. The Labute approximate surface area is 105 Å². The number of anilines is 2. The average Bonchev–Trinajstić information content (AvgIpc) is 3.05. The van der Waals surface area contributed by atoms with E-state index in [2.05, 4.69) is 10.3 Å². The van der Waals surface area contributed by atoms with Gasteiger partial charge in [-0.3, -0.25) is 4.79 Å². The van der Waals surface area contributed by atoms with Gasteiger partial charge in [0.25, 0.3) is 0 Å². The van der Waals surface area contributed by atoms with Crippen LogP contribution >= 0.6 is 11.6 Å². The summed E-state index contributed by atoms with van der Waals surface area (Å²) in [5.41, 5.74) is 6.30. The van der Waals surface area contributed by atoms with Gasteiger partial charge in [-0.05, 0) is 25.0 Å². The first kappa shape index (κ1) is 12.0. The van der Waals surface area contributed by atoms with Crippen molar-refractivity contribution in [2.24, 2.45) is 0 Å². The van der Waals surface area contributed by atoms with Crippen LogP contribution in [0.4, 0.5) is 11.5 Å². The SMILES string of the molecule is CN(CC(=O)NC1CC1)c1nc(Cl)ccc1N. The lowest BCUT2D eigenvalue weighted by molar-refractivity contribution is -0.119. The minimum Gasteiger partial charge on any atom is -0.396 e. The van der Waals surface area contributed by atoms with Crippen molar-refractivity contribution in [1.82, 2.24) is 10.3 Å². The number of hydrogen-bond acceptors (Lipinski definition) is 4. The highest BCUT2D eigenvalue weighted by Crippen LogP contribution is 2.22. The van der Waals surface area contributed by atoms with Crippen LogP contribution in [0.1, 0.15) is 12.8 Å². The lowest BCUT2D eigenvalue weighted by atomic mass is 10.3. The Kier molecular flexibility index (Phi) is 3.38. The summed E-state index contributed by atoms with van der Waals surface area (Å²) in [7, 11) is 1.77. The lowest BCUT2D eigenvalue weighted by Gasteiger charge is -2.19. The first-order valence-electron chi connectivity index (χ1n) is 5.49. The third-order valence-electron chi connectivity index (χ3n) is 2.56. The predicted octanol–water partition coefficient (Wildman–Crippen LogP) is 1.03. The number of carbonyl (C=O) groups excluding carboxylic acids is 1. The molecule has 0 atom stereocenters. The number of pyridine rings is 1. The Balaban J connectivity index is 1.99. The number of nitrogen functional groups attached to an aromatic ring is 1. The average molecular weight is 255 g/mol. The van der Waals surface area contributed by atoms with E-state index in [4.69, 9.17) is 17.3 Å². The highest BCUT2D eigenvalue weighted by Gasteiger charge is 2.24. The van der Waals surface area contributed by atoms with Crippen LogP contribution in [-0.4, -0.2) is 30.5 Å². The maximum atomic E-state index is 11.6. The summed E-state index contributed by atoms with van der Waals surface area (Å²) >= 11 is 5.80. The summed E-state index contributed by atoms with van der Waals surface area (Å²) in [6.07, 6.45) is 2.15. The smallest absolute Gasteiger partial charge is 0.239 e. The minimum absolute atomic E-state index is 0.0174. The Morgan fingerprint density at radius 3 is 3.00 bits per heavy atom. The van der Waals surface area contributed by atoms with E-state index < -0.39 is 0 Å². The molecule has 3 N–H and O–H groups in total. The molecule has 0 radical (unpaired) electrons. The van der Waals surface area contributed by atoms with E-state index in [1.807, 2.05) is 0 Å². The van der Waals surface area contributed by atoms with Gasteiger partial charge in [0.05, 0.1) is 12.2 Å². The van der Waals surface area contributed by atoms with Crippen LogP contribution in [0.5, 0.6) is 0 Å². The molecule has 2 rings (SSSR count). The molecule has 1 aromatic heterocycles. The standard InChI is InChI=1S/C11H15ClN4O/c1-16(6-10(17)14-7-2-3-7)11-8(13)4-5-9(12)15-11/h4-5,7H,2-3,6,13H2,1H3,(H,14,17). The summed E-state index contributed by atoms with van der Waals surface area (Å²) in [6.45, 7) is 0.230. The predicted molar refractivity (Wildman–Crippen MR) is 68.1 cm³/mol. The molecule has 92 valence electrons. The Bertz CT molecular complexity index is 433. The van der Waals surface area contributed by atoms with E-state index in [9.17, 15) is 4.79 Å². The van der Waals surface area contributed by atoms with Crippen LogP contribution in [0.15, 0.2) is 12.1 Å². The van der Waals surface area contributed by atoms with Crippen molar-refractivity contribution < 1.29 is 4.79 Å². The van der Waals surface area contributed by atoms with E-state index in [0.717, 1.165) is 12.8 Å². The molecule has 1 fully saturated rings. The number of hydrogen-bond donors (Lipinski definition) is 2. The van der Waals surface area contributed by atoms with E-state index in [0.29, 0.717) is 22.7 Å². The van der Waals surface area contributed by atoms with E-state index in [1.54, 1.807) is 24.1 Å². The molecule has 5 nitrogen and oxygen atoms in total. The molecule has 17 heavy (non-hydrogen) atoms. The molecule has 6 heteroatoms. The molecule has 1 amide bonds. The number of halogens is 1. The van der Waals surface area contributed by atoms with Crippen molar-refractivity contribution in [2.45, 2.75) is 18.9 Å². The third-order valence-corrected chi connectivity index (χ3v) is 2.77. The van der Waals surface area contributed by atoms with Crippen molar-refractivity contribution in [3.8, 4) is 0 Å². The number of nitrogens with zero attached hydrogens (tertiary/aromatic N) is 2. The van der Waals surface area contributed by atoms with Gasteiger partial charge in [0, 0.05) is 13.1 Å². The van der Waals surface area contributed by atoms with Gasteiger partial charge in [-0.2, -0.15) is 0 Å². The zero-order valence-electron chi connectivity index (χ0n) is 9.61. The van der Waals surface area contributed by atoms with Crippen LogP contribution in [0.25, 0.3) is 0 Å². The molecule has 0 bridgehead atoms. The molecule has 1 heterocycles. The second-order valence-electron chi connectivity index (χ2n) is 4.24. The molecule has 0 saturated heterocycles. The van der Waals surface area contributed by atoms with Crippen molar-refractivity contribution in [1.29, 1.82) is 0 Å². The van der Waals surface area contributed by atoms with Crippen molar-refractivity contribution in [2.75, 3.05) is 24.2 Å². The number of likely N-dealkylation sites (N-methyl/N-ethyl adjacent to an activating group) is 1. The fourth-order valence-corrected chi connectivity index (χ4v) is 1.68. The number of amides is 1. The fourth-order valence-electron chi connectivity index (χ4n) is 1.53. The first-order chi connectivity index (χ1) is 8.06. The van der Waals surface area contributed by atoms with Gasteiger partial charge in [0.2, 0.25) is 5.91 Å². The summed E-state index contributed by atoms with van der Waals surface area (Å²) in [6, 6.07) is 3.67. The number of rotatable bonds is 4. The number of nitrogens with two attached hydrogens (primary N) is 1. The number of nitrogens with one attached hydrogen (secondary N) is 1. The number of carbonyl (C=O) groups is 1. The second-order valence-corrected chi connectivity index (χ2v) is 4.63. The van der Waals surface area contributed by atoms with Gasteiger partial charge >= 0.3 is 0 Å². The molecule has 1 aromatic rings. The zero-order chi connectivity index (χ0) is 12.4. The Morgan fingerprint density at radius 2 is 2.35 bits per heavy atom. The molecule has 1 aliphatic rings. The van der Waals surface area contributed by atoms with Crippen LogP contribution in [0, 0.1) is 0 Å². The topological polar surface area (TPSA) is 71.2 Å². The maximum Gasteiger partial charge on any atom is 0.239 e. The normalized spacial score (nSPS) is 14.5. The van der Waals surface area contributed by atoms with Gasteiger partial charge in [-0.25, -0.2) is 4.98 Å². The molecular formula is C11H15ClN4O. The van der Waals surface area contributed by atoms with Crippen LogP contribution < -0.4 is 16.0 Å². The van der Waals surface area contributed by atoms with Crippen LogP contribution in [0.2, 0.25) is 5.15 Å². The highest BCUT2D eigenvalue weighted by molar-refractivity contribution is 6.29.